The quantitative estimate of drug-likeness (QED) is 0.420. The van der Waals surface area contributed by atoms with Crippen LogP contribution in [0.2, 0.25) is 0 Å². The normalized spacial score (nSPS) is 22.3. The smallest absolute Gasteiger partial charge is 0.391 e. The third-order valence-corrected chi connectivity index (χ3v) is 4.07. The predicted octanol–water partition coefficient (Wildman–Crippen LogP) is 3.93. The van der Waals surface area contributed by atoms with E-state index in [2.05, 4.69) is 15.6 Å². The van der Waals surface area contributed by atoms with Gasteiger partial charge in [-0.3, -0.25) is 4.99 Å². The Morgan fingerprint density at radius 3 is 2.74 bits per heavy atom. The van der Waals surface area contributed by atoms with Gasteiger partial charge in [0.25, 0.3) is 0 Å². The topological polar surface area (TPSA) is 49.6 Å². The Kier molecular flexibility index (Phi) is 8.21. The lowest BCUT2D eigenvalue weighted by Crippen LogP contribution is -2.41. The molecule has 23 heavy (non-hydrogen) atoms. The van der Waals surface area contributed by atoms with Gasteiger partial charge in [0, 0.05) is 25.7 Å². The summed E-state index contributed by atoms with van der Waals surface area (Å²) in [5.41, 5.74) is 0.984. The van der Waals surface area contributed by atoms with E-state index in [4.69, 9.17) is 4.42 Å². The zero-order valence-corrected chi connectivity index (χ0v) is 15.4. The van der Waals surface area contributed by atoms with Crippen molar-refractivity contribution in [2.24, 2.45) is 16.8 Å². The molecular weight excluding hydrogens is 422 g/mol. The number of nitrogens with one attached hydrogen (secondary N) is 2. The Bertz CT molecular complexity index is 477. The second-order valence-electron chi connectivity index (χ2n) is 5.71. The number of alkyl halides is 3. The molecule has 1 fully saturated rings. The number of furan rings is 1. The van der Waals surface area contributed by atoms with Crippen molar-refractivity contribution in [2.75, 3.05) is 13.6 Å². The molecule has 0 aliphatic heterocycles. The molecule has 2 atom stereocenters. The first-order valence-corrected chi connectivity index (χ1v) is 7.51. The van der Waals surface area contributed by atoms with Gasteiger partial charge in [-0.1, -0.05) is 6.42 Å². The first kappa shape index (κ1) is 20.1. The highest BCUT2D eigenvalue weighted by molar-refractivity contribution is 14.0. The standard InChI is InChI=1S/C15H22F3N3O.HI/c1-19-14(21-9-12-5-6-22-10-12)20-8-11-3-2-4-13(7-11)15(16,17)18;/h5-6,10-11,13H,2-4,7-9H2,1H3,(H2,19,20,21);1H. The molecule has 1 aliphatic carbocycles. The van der Waals surface area contributed by atoms with E-state index in [0.29, 0.717) is 25.5 Å². The molecule has 1 aromatic heterocycles. The van der Waals surface area contributed by atoms with E-state index in [0.717, 1.165) is 12.0 Å². The summed E-state index contributed by atoms with van der Waals surface area (Å²) in [6.45, 7) is 1.07. The van der Waals surface area contributed by atoms with Crippen molar-refractivity contribution in [3.8, 4) is 0 Å². The molecule has 0 radical (unpaired) electrons. The number of hydrogen-bond donors (Lipinski definition) is 2. The van der Waals surface area contributed by atoms with E-state index < -0.39 is 12.1 Å². The summed E-state index contributed by atoms with van der Waals surface area (Å²) in [6, 6.07) is 1.84. The molecular formula is C15H23F3IN3O. The summed E-state index contributed by atoms with van der Waals surface area (Å²) < 4.78 is 43.3. The van der Waals surface area contributed by atoms with Crippen molar-refractivity contribution in [3.05, 3.63) is 24.2 Å². The molecule has 4 nitrogen and oxygen atoms in total. The number of aliphatic imine (C=N–C) groups is 1. The van der Waals surface area contributed by atoms with Gasteiger partial charge in [0.05, 0.1) is 18.4 Å². The zero-order chi connectivity index (χ0) is 16.0. The van der Waals surface area contributed by atoms with E-state index in [1.54, 1.807) is 19.6 Å². The minimum Gasteiger partial charge on any atom is -0.472 e. The molecule has 0 saturated heterocycles. The van der Waals surface area contributed by atoms with Crippen LogP contribution in [0.15, 0.2) is 28.0 Å². The average molecular weight is 445 g/mol. The summed E-state index contributed by atoms with van der Waals surface area (Å²) in [5.74, 6) is -0.530. The number of nitrogens with zero attached hydrogens (tertiary/aromatic N) is 1. The van der Waals surface area contributed by atoms with Gasteiger partial charge in [0.15, 0.2) is 5.96 Å². The van der Waals surface area contributed by atoms with Crippen LogP contribution in [0, 0.1) is 11.8 Å². The average Bonchev–Trinajstić information content (AvgIpc) is 3.00. The maximum atomic E-state index is 12.8. The maximum Gasteiger partial charge on any atom is 0.391 e. The van der Waals surface area contributed by atoms with Gasteiger partial charge in [0.2, 0.25) is 0 Å². The molecule has 2 N–H and O–H groups in total. The molecule has 8 heteroatoms. The van der Waals surface area contributed by atoms with Crippen molar-refractivity contribution >= 4 is 29.9 Å². The number of hydrogen-bond acceptors (Lipinski definition) is 2. The fourth-order valence-corrected chi connectivity index (χ4v) is 2.81. The molecule has 1 aromatic rings. The van der Waals surface area contributed by atoms with Crippen molar-refractivity contribution in [1.29, 1.82) is 0 Å². The van der Waals surface area contributed by atoms with Gasteiger partial charge in [-0.2, -0.15) is 13.2 Å². The van der Waals surface area contributed by atoms with E-state index in [1.807, 2.05) is 6.07 Å². The van der Waals surface area contributed by atoms with Crippen LogP contribution in [-0.2, 0) is 6.54 Å². The Morgan fingerprint density at radius 2 is 2.13 bits per heavy atom. The molecule has 0 amide bonds. The summed E-state index contributed by atoms with van der Waals surface area (Å²) in [5, 5.41) is 6.22. The lowest BCUT2D eigenvalue weighted by atomic mass is 9.81. The third kappa shape index (κ3) is 6.60. The summed E-state index contributed by atoms with van der Waals surface area (Å²) in [4.78, 5) is 4.08. The maximum absolute atomic E-state index is 12.8. The highest BCUT2D eigenvalue weighted by Crippen LogP contribution is 2.39. The molecule has 0 aromatic carbocycles. The van der Waals surface area contributed by atoms with Crippen molar-refractivity contribution in [1.82, 2.24) is 10.6 Å². The highest BCUT2D eigenvalue weighted by Gasteiger charge is 2.41. The van der Waals surface area contributed by atoms with Crippen LogP contribution >= 0.6 is 24.0 Å². The lowest BCUT2D eigenvalue weighted by Gasteiger charge is -2.30. The van der Waals surface area contributed by atoms with Gasteiger partial charge in [-0.25, -0.2) is 0 Å². The van der Waals surface area contributed by atoms with Crippen LogP contribution in [-0.4, -0.2) is 25.7 Å². The minimum atomic E-state index is -4.07. The fraction of sp³-hybridized carbons (Fsp3) is 0.667. The first-order valence-electron chi connectivity index (χ1n) is 7.51. The van der Waals surface area contributed by atoms with Gasteiger partial charge >= 0.3 is 6.18 Å². The van der Waals surface area contributed by atoms with E-state index in [9.17, 15) is 13.2 Å². The van der Waals surface area contributed by atoms with Gasteiger partial charge in [-0.05, 0) is 31.2 Å². The number of rotatable bonds is 4. The number of halogens is 4. The van der Waals surface area contributed by atoms with Crippen molar-refractivity contribution in [3.63, 3.8) is 0 Å². The molecule has 132 valence electrons. The predicted molar refractivity (Wildman–Crippen MR) is 93.8 cm³/mol. The van der Waals surface area contributed by atoms with Crippen molar-refractivity contribution in [2.45, 2.75) is 38.4 Å². The molecule has 0 spiro atoms. The first-order chi connectivity index (χ1) is 10.5. The fourth-order valence-electron chi connectivity index (χ4n) is 2.81. The lowest BCUT2D eigenvalue weighted by molar-refractivity contribution is -0.185. The van der Waals surface area contributed by atoms with E-state index in [-0.39, 0.29) is 42.7 Å². The highest BCUT2D eigenvalue weighted by atomic mass is 127. The monoisotopic (exact) mass is 445 g/mol. The zero-order valence-electron chi connectivity index (χ0n) is 13.0. The molecule has 1 heterocycles. The Labute approximate surface area is 151 Å². The Morgan fingerprint density at radius 1 is 1.35 bits per heavy atom. The van der Waals surface area contributed by atoms with E-state index in [1.165, 1.54) is 0 Å². The minimum absolute atomic E-state index is 0. The second kappa shape index (κ2) is 9.39. The van der Waals surface area contributed by atoms with E-state index >= 15 is 0 Å². The van der Waals surface area contributed by atoms with Crippen LogP contribution < -0.4 is 10.6 Å². The third-order valence-electron chi connectivity index (χ3n) is 4.07. The van der Waals surface area contributed by atoms with Crippen LogP contribution in [0.5, 0.6) is 0 Å². The van der Waals surface area contributed by atoms with Gasteiger partial charge < -0.3 is 15.1 Å². The van der Waals surface area contributed by atoms with Crippen molar-refractivity contribution < 1.29 is 17.6 Å². The Hall–Kier alpha value is -0.930. The van der Waals surface area contributed by atoms with Crippen LogP contribution in [0.1, 0.15) is 31.2 Å². The van der Waals surface area contributed by atoms with Crippen LogP contribution in [0.4, 0.5) is 13.2 Å². The van der Waals surface area contributed by atoms with Crippen LogP contribution in [0.3, 0.4) is 0 Å². The molecule has 0 bridgehead atoms. The molecule has 1 aliphatic rings. The summed E-state index contributed by atoms with van der Waals surface area (Å²) in [7, 11) is 1.64. The SMILES string of the molecule is CN=C(NCc1ccoc1)NCC1CCCC(C(F)(F)F)C1.I. The molecule has 1 saturated carbocycles. The molecule has 2 unspecified atom stereocenters. The summed E-state index contributed by atoms with van der Waals surface area (Å²) >= 11 is 0. The molecule has 2 rings (SSSR count). The second-order valence-corrected chi connectivity index (χ2v) is 5.71. The van der Waals surface area contributed by atoms with Crippen LogP contribution in [0.25, 0.3) is 0 Å². The summed E-state index contributed by atoms with van der Waals surface area (Å²) in [6.07, 6.45) is 1.08. The largest absolute Gasteiger partial charge is 0.472 e. The Balaban J connectivity index is 0.00000264. The van der Waals surface area contributed by atoms with Gasteiger partial charge in [0.1, 0.15) is 0 Å². The number of guanidine groups is 1. The van der Waals surface area contributed by atoms with Gasteiger partial charge in [-0.15, -0.1) is 24.0 Å².